The number of nitrogens with two attached hydrogens (primary N) is 1. The number of amides is 2. The van der Waals surface area contributed by atoms with Crippen molar-refractivity contribution in [3.8, 4) is 0 Å². The van der Waals surface area contributed by atoms with Crippen LogP contribution in [0, 0.1) is 11.8 Å². The molecule has 4 rings (SSSR count). The Hall–Kier alpha value is -2.50. The van der Waals surface area contributed by atoms with E-state index in [4.69, 9.17) is 5.73 Å². The van der Waals surface area contributed by atoms with Crippen LogP contribution >= 0.6 is 0 Å². The lowest BCUT2D eigenvalue weighted by atomic mass is 9.78. The molecule has 4 atom stereocenters. The lowest BCUT2D eigenvalue weighted by molar-refractivity contribution is -0.120. The number of rotatable bonds is 4. The maximum atomic E-state index is 12.3. The highest BCUT2D eigenvalue weighted by Crippen LogP contribution is 2.44. The van der Waals surface area contributed by atoms with E-state index < -0.39 is 0 Å². The molecule has 0 spiro atoms. The smallest absolute Gasteiger partial charge is 0.243 e. The number of allylic oxidation sites excluding steroid dienone is 1. The van der Waals surface area contributed by atoms with E-state index in [2.05, 4.69) is 41.7 Å². The molecule has 0 aromatic carbocycles. The Balaban J connectivity index is 1.71. The van der Waals surface area contributed by atoms with E-state index in [0.717, 1.165) is 44.5 Å². The van der Waals surface area contributed by atoms with Crippen LogP contribution in [0.4, 0.5) is 0 Å². The second-order valence-corrected chi connectivity index (χ2v) is 9.01. The van der Waals surface area contributed by atoms with Gasteiger partial charge in [-0.2, -0.15) is 0 Å². The van der Waals surface area contributed by atoms with Gasteiger partial charge < -0.3 is 20.9 Å². The number of fused-ring (bicyclic) bond motifs is 3. The zero-order valence-electron chi connectivity index (χ0n) is 17.5. The molecule has 1 aliphatic heterocycles. The number of hydrogen-bond donors (Lipinski definition) is 3. The van der Waals surface area contributed by atoms with Gasteiger partial charge in [-0.1, -0.05) is 26.5 Å². The van der Waals surface area contributed by atoms with Crippen molar-refractivity contribution < 1.29 is 9.59 Å². The van der Waals surface area contributed by atoms with E-state index in [1.165, 1.54) is 35.0 Å². The fourth-order valence-corrected chi connectivity index (χ4v) is 5.36. The molecule has 1 aromatic heterocycles. The molecular formula is C23H32N4O2. The second kappa shape index (κ2) is 7.73. The first-order valence-electron chi connectivity index (χ1n) is 10.8. The number of nitrogens with zero attached hydrogens (tertiary/aromatic N) is 1. The molecular weight excluding hydrogens is 364 g/mol. The molecule has 2 amide bonds. The number of aromatic amines is 1. The summed E-state index contributed by atoms with van der Waals surface area (Å²) in [6.45, 7) is 9.64. The second-order valence-electron chi connectivity index (χ2n) is 9.01. The average Bonchev–Trinajstić information content (AvgIpc) is 3.04. The van der Waals surface area contributed by atoms with E-state index in [9.17, 15) is 9.59 Å². The van der Waals surface area contributed by atoms with Crippen LogP contribution in [0.3, 0.4) is 0 Å². The molecule has 4 unspecified atom stereocenters. The average molecular weight is 397 g/mol. The molecule has 3 aliphatic rings. The normalized spacial score (nSPS) is 28.8. The van der Waals surface area contributed by atoms with Gasteiger partial charge in [0.1, 0.15) is 0 Å². The third kappa shape index (κ3) is 3.61. The zero-order valence-corrected chi connectivity index (χ0v) is 17.5. The van der Waals surface area contributed by atoms with E-state index in [1.54, 1.807) is 0 Å². The lowest BCUT2D eigenvalue weighted by Gasteiger charge is -2.39. The molecule has 2 heterocycles. The SMILES string of the molecule is C=CC(=O)NC1CCCN(C2=CC(C)C(C(N)=O)c3[nH]c4c(c32)CCC(C)C4)C1. The molecule has 1 fully saturated rings. The molecule has 0 radical (unpaired) electrons. The molecule has 1 aromatic rings. The van der Waals surface area contributed by atoms with Gasteiger partial charge in [-0.05, 0) is 55.6 Å². The number of H-pyrrole nitrogens is 1. The van der Waals surface area contributed by atoms with Crippen molar-refractivity contribution in [2.45, 2.75) is 57.9 Å². The molecule has 6 nitrogen and oxygen atoms in total. The Kier molecular flexibility index (Phi) is 5.28. The van der Waals surface area contributed by atoms with Crippen LogP contribution in [0.5, 0.6) is 0 Å². The summed E-state index contributed by atoms with van der Waals surface area (Å²) < 4.78 is 0. The summed E-state index contributed by atoms with van der Waals surface area (Å²) in [5, 5.41) is 3.05. The van der Waals surface area contributed by atoms with Gasteiger partial charge in [0, 0.05) is 41.8 Å². The van der Waals surface area contributed by atoms with Gasteiger partial charge in [0.25, 0.3) is 0 Å². The van der Waals surface area contributed by atoms with Crippen molar-refractivity contribution in [2.75, 3.05) is 13.1 Å². The summed E-state index contributed by atoms with van der Waals surface area (Å²) >= 11 is 0. The van der Waals surface area contributed by atoms with Gasteiger partial charge >= 0.3 is 0 Å². The predicted octanol–water partition coefficient (Wildman–Crippen LogP) is 2.47. The Morgan fingerprint density at radius 2 is 2.14 bits per heavy atom. The molecule has 156 valence electrons. The Morgan fingerprint density at radius 1 is 1.34 bits per heavy atom. The van der Waals surface area contributed by atoms with E-state index >= 15 is 0 Å². The number of likely N-dealkylation sites (tertiary alicyclic amines) is 1. The fourth-order valence-electron chi connectivity index (χ4n) is 5.36. The van der Waals surface area contributed by atoms with Crippen molar-refractivity contribution >= 4 is 17.5 Å². The summed E-state index contributed by atoms with van der Waals surface area (Å²) in [4.78, 5) is 30.1. The summed E-state index contributed by atoms with van der Waals surface area (Å²) in [6, 6.07) is 0.109. The maximum absolute atomic E-state index is 12.3. The summed E-state index contributed by atoms with van der Waals surface area (Å²) in [5.41, 5.74) is 11.8. The first-order valence-corrected chi connectivity index (χ1v) is 10.8. The molecule has 0 saturated carbocycles. The Bertz CT molecular complexity index is 868. The van der Waals surface area contributed by atoms with Crippen molar-refractivity contribution in [3.63, 3.8) is 0 Å². The maximum Gasteiger partial charge on any atom is 0.243 e. The van der Waals surface area contributed by atoms with Crippen molar-refractivity contribution in [1.29, 1.82) is 0 Å². The minimum absolute atomic E-state index is 0.0377. The largest absolute Gasteiger partial charge is 0.369 e. The minimum atomic E-state index is -0.310. The third-order valence-electron chi connectivity index (χ3n) is 6.77. The molecule has 29 heavy (non-hydrogen) atoms. The van der Waals surface area contributed by atoms with Crippen LogP contribution in [-0.2, 0) is 22.4 Å². The van der Waals surface area contributed by atoms with Crippen molar-refractivity contribution in [1.82, 2.24) is 15.2 Å². The number of carbonyl (C=O) groups excluding carboxylic acids is 2. The predicted molar refractivity (Wildman–Crippen MR) is 114 cm³/mol. The lowest BCUT2D eigenvalue weighted by Crippen LogP contribution is -2.47. The molecule has 6 heteroatoms. The number of aromatic nitrogens is 1. The molecule has 0 bridgehead atoms. The Labute approximate surface area is 172 Å². The Morgan fingerprint density at radius 3 is 2.86 bits per heavy atom. The molecule has 4 N–H and O–H groups in total. The topological polar surface area (TPSA) is 91.2 Å². The monoisotopic (exact) mass is 396 g/mol. The zero-order chi connectivity index (χ0) is 20.7. The van der Waals surface area contributed by atoms with Crippen LogP contribution in [0.15, 0.2) is 18.7 Å². The third-order valence-corrected chi connectivity index (χ3v) is 6.77. The number of nitrogens with one attached hydrogen (secondary N) is 2. The first kappa shape index (κ1) is 19.8. The first-order chi connectivity index (χ1) is 13.9. The highest BCUT2D eigenvalue weighted by atomic mass is 16.2. The summed E-state index contributed by atoms with van der Waals surface area (Å²) in [6.07, 6.45) is 8.77. The van der Waals surface area contributed by atoms with Crippen molar-refractivity contribution in [3.05, 3.63) is 41.2 Å². The highest BCUT2D eigenvalue weighted by molar-refractivity contribution is 5.88. The quantitative estimate of drug-likeness (QED) is 0.683. The van der Waals surface area contributed by atoms with Crippen LogP contribution in [0.25, 0.3) is 5.70 Å². The highest BCUT2D eigenvalue weighted by Gasteiger charge is 2.38. The standard InChI is InChI=1S/C23H32N4O2/c1-4-19(28)25-15-6-5-9-27(12-15)18-11-14(3)20(23(24)29)22-21(18)16-8-7-13(2)10-17(16)26-22/h4,11,13-15,20,26H,1,5-10,12H2,2-3H3,(H2,24,29)(H,25,28). The van der Waals surface area contributed by atoms with E-state index in [-0.39, 0.29) is 29.7 Å². The van der Waals surface area contributed by atoms with Gasteiger partial charge in [0.05, 0.1) is 5.92 Å². The van der Waals surface area contributed by atoms with Crippen LogP contribution in [0.1, 0.15) is 61.5 Å². The van der Waals surface area contributed by atoms with Gasteiger partial charge in [-0.25, -0.2) is 0 Å². The van der Waals surface area contributed by atoms with E-state index in [1.807, 2.05) is 0 Å². The van der Waals surface area contributed by atoms with Crippen molar-refractivity contribution in [2.24, 2.45) is 17.6 Å². The fraction of sp³-hybridized carbons (Fsp3) is 0.565. The van der Waals surface area contributed by atoms with Crippen LogP contribution in [0.2, 0.25) is 0 Å². The molecule has 1 saturated heterocycles. The van der Waals surface area contributed by atoms with Gasteiger partial charge in [-0.3, -0.25) is 9.59 Å². The van der Waals surface area contributed by atoms with Crippen LogP contribution < -0.4 is 11.1 Å². The summed E-state index contributed by atoms with van der Waals surface area (Å²) in [7, 11) is 0. The number of hydrogen-bond acceptors (Lipinski definition) is 3. The van der Waals surface area contributed by atoms with Gasteiger partial charge in [-0.15, -0.1) is 0 Å². The van der Waals surface area contributed by atoms with E-state index in [0.29, 0.717) is 5.92 Å². The van der Waals surface area contributed by atoms with Gasteiger partial charge in [0.15, 0.2) is 0 Å². The number of piperidine rings is 1. The van der Waals surface area contributed by atoms with Gasteiger partial charge in [0.2, 0.25) is 11.8 Å². The van der Waals surface area contributed by atoms with Crippen LogP contribution in [-0.4, -0.2) is 40.8 Å². The number of carbonyl (C=O) groups is 2. The summed E-state index contributed by atoms with van der Waals surface area (Å²) in [5.74, 6) is -0.0138. The number of primary amides is 1. The minimum Gasteiger partial charge on any atom is -0.369 e. The molecule has 2 aliphatic carbocycles.